The van der Waals surface area contributed by atoms with Gasteiger partial charge in [0.05, 0.1) is 12.1 Å². The molecule has 0 bridgehead atoms. The first-order valence-corrected chi connectivity index (χ1v) is 4.78. The number of benzene rings is 1. The molecule has 0 fully saturated rings. The predicted molar refractivity (Wildman–Crippen MR) is 56.2 cm³/mol. The van der Waals surface area contributed by atoms with E-state index in [1.807, 2.05) is 26.0 Å². The van der Waals surface area contributed by atoms with Gasteiger partial charge in [-0.15, -0.1) is 0 Å². The number of aliphatic hydroxyl groups is 1. The maximum atomic E-state index is 9.31. The van der Waals surface area contributed by atoms with E-state index in [-0.39, 0.29) is 12.4 Å². The van der Waals surface area contributed by atoms with Gasteiger partial charge in [-0.3, -0.25) is 0 Å². The van der Waals surface area contributed by atoms with Crippen molar-refractivity contribution in [1.29, 1.82) is 0 Å². The molecule has 0 saturated heterocycles. The van der Waals surface area contributed by atoms with Crippen molar-refractivity contribution in [2.75, 3.05) is 13.2 Å². The van der Waals surface area contributed by atoms with E-state index in [0.29, 0.717) is 0 Å². The summed E-state index contributed by atoms with van der Waals surface area (Å²) < 4.78 is 0. The Labute approximate surface area is 84.4 Å². The van der Waals surface area contributed by atoms with Gasteiger partial charge in [0.15, 0.2) is 0 Å². The molecule has 14 heavy (non-hydrogen) atoms. The molecule has 3 nitrogen and oxygen atoms in total. The van der Waals surface area contributed by atoms with Gasteiger partial charge in [-0.05, 0) is 31.2 Å². The highest BCUT2D eigenvalue weighted by Gasteiger charge is 2.23. The van der Waals surface area contributed by atoms with E-state index in [2.05, 4.69) is 5.32 Å². The summed E-state index contributed by atoms with van der Waals surface area (Å²) in [6, 6.07) is 6.88. The Hall–Kier alpha value is -1.06. The number of rotatable bonds is 4. The van der Waals surface area contributed by atoms with Crippen molar-refractivity contribution in [1.82, 2.24) is 5.32 Å². The molecule has 0 aliphatic rings. The first kappa shape index (κ1) is 11.0. The second-order valence-electron chi connectivity index (χ2n) is 3.57. The minimum atomic E-state index is -0.428. The molecule has 78 valence electrons. The Morgan fingerprint density at radius 2 is 1.86 bits per heavy atom. The molecular formula is C11H17NO2. The molecule has 1 unspecified atom stereocenters. The maximum absolute atomic E-state index is 9.31. The van der Waals surface area contributed by atoms with Gasteiger partial charge >= 0.3 is 0 Å². The number of nitrogens with one attached hydrogen (secondary N) is 1. The van der Waals surface area contributed by atoms with Crippen molar-refractivity contribution in [3.05, 3.63) is 29.8 Å². The van der Waals surface area contributed by atoms with Crippen LogP contribution in [0.1, 0.15) is 19.4 Å². The monoisotopic (exact) mass is 195 g/mol. The molecular weight excluding hydrogens is 178 g/mol. The van der Waals surface area contributed by atoms with Crippen molar-refractivity contribution < 1.29 is 10.2 Å². The minimum Gasteiger partial charge on any atom is -0.508 e. The molecule has 1 aromatic carbocycles. The normalized spacial score (nSPS) is 15.1. The van der Waals surface area contributed by atoms with Gasteiger partial charge in [-0.25, -0.2) is 0 Å². The lowest BCUT2D eigenvalue weighted by Gasteiger charge is -2.28. The van der Waals surface area contributed by atoms with E-state index < -0.39 is 5.54 Å². The van der Waals surface area contributed by atoms with Crippen LogP contribution in [0, 0.1) is 0 Å². The molecule has 0 saturated carbocycles. The van der Waals surface area contributed by atoms with Crippen LogP contribution in [0.4, 0.5) is 0 Å². The van der Waals surface area contributed by atoms with Crippen molar-refractivity contribution in [2.24, 2.45) is 0 Å². The standard InChI is InChI=1S/C11H17NO2/c1-3-12-11(2,8-13)9-4-6-10(14)7-5-9/h4-7,12-14H,3,8H2,1-2H3. The highest BCUT2D eigenvalue weighted by Crippen LogP contribution is 2.22. The lowest BCUT2D eigenvalue weighted by atomic mass is 9.93. The third-order valence-electron chi connectivity index (χ3n) is 2.39. The molecule has 0 aromatic heterocycles. The Kier molecular flexibility index (Phi) is 3.49. The number of likely N-dealkylation sites (N-methyl/N-ethyl adjacent to an activating group) is 1. The number of hydrogen-bond acceptors (Lipinski definition) is 3. The van der Waals surface area contributed by atoms with Crippen LogP contribution < -0.4 is 5.32 Å². The topological polar surface area (TPSA) is 52.5 Å². The van der Waals surface area contributed by atoms with Crippen LogP contribution in [0.2, 0.25) is 0 Å². The fourth-order valence-corrected chi connectivity index (χ4v) is 1.47. The van der Waals surface area contributed by atoms with Crippen LogP contribution in [-0.2, 0) is 5.54 Å². The van der Waals surface area contributed by atoms with Crippen LogP contribution in [0.5, 0.6) is 5.75 Å². The summed E-state index contributed by atoms with van der Waals surface area (Å²) in [5, 5.41) is 21.7. The molecule has 0 amide bonds. The highest BCUT2D eigenvalue weighted by molar-refractivity contribution is 5.30. The first-order valence-electron chi connectivity index (χ1n) is 4.78. The largest absolute Gasteiger partial charge is 0.508 e. The van der Waals surface area contributed by atoms with Crippen LogP contribution >= 0.6 is 0 Å². The Morgan fingerprint density at radius 3 is 2.29 bits per heavy atom. The smallest absolute Gasteiger partial charge is 0.115 e. The van der Waals surface area contributed by atoms with Gasteiger partial charge in [0.1, 0.15) is 5.75 Å². The quantitative estimate of drug-likeness (QED) is 0.677. The van der Waals surface area contributed by atoms with Gasteiger partial charge in [0.25, 0.3) is 0 Å². The molecule has 0 aliphatic heterocycles. The lowest BCUT2D eigenvalue weighted by molar-refractivity contribution is 0.177. The summed E-state index contributed by atoms with van der Waals surface area (Å²) in [4.78, 5) is 0. The van der Waals surface area contributed by atoms with E-state index in [4.69, 9.17) is 5.11 Å². The fourth-order valence-electron chi connectivity index (χ4n) is 1.47. The zero-order chi connectivity index (χ0) is 10.6. The molecule has 0 radical (unpaired) electrons. The Balaban J connectivity index is 2.94. The minimum absolute atomic E-state index is 0.0333. The zero-order valence-corrected chi connectivity index (χ0v) is 8.62. The summed E-state index contributed by atoms with van der Waals surface area (Å²) >= 11 is 0. The molecule has 0 spiro atoms. The molecule has 3 N–H and O–H groups in total. The van der Waals surface area contributed by atoms with Crippen LogP contribution in [0.25, 0.3) is 0 Å². The van der Waals surface area contributed by atoms with Crippen molar-refractivity contribution in [3.8, 4) is 5.75 Å². The first-order chi connectivity index (χ1) is 6.62. The fraction of sp³-hybridized carbons (Fsp3) is 0.455. The van der Waals surface area contributed by atoms with Crippen LogP contribution in [0.15, 0.2) is 24.3 Å². The summed E-state index contributed by atoms with van der Waals surface area (Å²) in [5.41, 5.74) is 0.544. The van der Waals surface area contributed by atoms with Crippen LogP contribution in [0.3, 0.4) is 0 Å². The molecule has 3 heteroatoms. The molecule has 1 aromatic rings. The average molecular weight is 195 g/mol. The Morgan fingerprint density at radius 1 is 1.29 bits per heavy atom. The van der Waals surface area contributed by atoms with Crippen molar-refractivity contribution in [2.45, 2.75) is 19.4 Å². The lowest BCUT2D eigenvalue weighted by Crippen LogP contribution is -2.42. The summed E-state index contributed by atoms with van der Waals surface area (Å²) in [6.07, 6.45) is 0. The number of hydrogen-bond donors (Lipinski definition) is 3. The van der Waals surface area contributed by atoms with E-state index in [1.54, 1.807) is 12.1 Å². The van der Waals surface area contributed by atoms with E-state index in [0.717, 1.165) is 12.1 Å². The average Bonchev–Trinajstić information content (AvgIpc) is 2.19. The van der Waals surface area contributed by atoms with Crippen molar-refractivity contribution in [3.63, 3.8) is 0 Å². The van der Waals surface area contributed by atoms with Gasteiger partial charge in [0.2, 0.25) is 0 Å². The van der Waals surface area contributed by atoms with E-state index >= 15 is 0 Å². The highest BCUT2D eigenvalue weighted by atomic mass is 16.3. The predicted octanol–water partition coefficient (Wildman–Crippen LogP) is 1.21. The summed E-state index contributed by atoms with van der Waals surface area (Å²) in [7, 11) is 0. The SMILES string of the molecule is CCNC(C)(CO)c1ccc(O)cc1. The van der Waals surface area contributed by atoms with Crippen molar-refractivity contribution >= 4 is 0 Å². The molecule has 0 heterocycles. The van der Waals surface area contributed by atoms with Crippen LogP contribution in [-0.4, -0.2) is 23.4 Å². The maximum Gasteiger partial charge on any atom is 0.115 e. The third-order valence-corrected chi connectivity index (χ3v) is 2.39. The summed E-state index contributed by atoms with van der Waals surface area (Å²) in [6.45, 7) is 4.75. The van der Waals surface area contributed by atoms with Gasteiger partial charge in [0, 0.05) is 0 Å². The Bertz CT molecular complexity index is 284. The van der Waals surface area contributed by atoms with Gasteiger partial charge in [-0.2, -0.15) is 0 Å². The molecule has 0 aliphatic carbocycles. The van der Waals surface area contributed by atoms with Gasteiger partial charge in [-0.1, -0.05) is 19.1 Å². The second-order valence-corrected chi connectivity index (χ2v) is 3.57. The van der Waals surface area contributed by atoms with E-state index in [9.17, 15) is 5.11 Å². The number of phenols is 1. The zero-order valence-electron chi connectivity index (χ0n) is 8.62. The number of phenolic OH excluding ortho intramolecular Hbond substituents is 1. The second kappa shape index (κ2) is 4.44. The summed E-state index contributed by atoms with van der Waals surface area (Å²) in [5.74, 6) is 0.241. The molecule has 1 atom stereocenters. The van der Waals surface area contributed by atoms with E-state index in [1.165, 1.54) is 0 Å². The number of aromatic hydroxyl groups is 1. The van der Waals surface area contributed by atoms with Gasteiger partial charge < -0.3 is 15.5 Å². The number of aliphatic hydroxyl groups excluding tert-OH is 1. The molecule has 1 rings (SSSR count). The third kappa shape index (κ3) is 2.25.